The molecule has 1 aromatic rings. The Morgan fingerprint density at radius 2 is 2.10 bits per heavy atom. The van der Waals surface area contributed by atoms with Crippen molar-refractivity contribution in [2.75, 3.05) is 20.1 Å². The smallest absolute Gasteiger partial charge is 0.128 e. The molecule has 1 saturated heterocycles. The fourth-order valence-electron chi connectivity index (χ4n) is 3.48. The Balaban J connectivity index is 1.85. The van der Waals surface area contributed by atoms with Crippen LogP contribution in [0.2, 0.25) is 0 Å². The van der Waals surface area contributed by atoms with Crippen LogP contribution in [0.15, 0.2) is 22.7 Å². The molecule has 2 fully saturated rings. The average molecular weight is 355 g/mol. The molecule has 1 aromatic carbocycles. The number of nitrogens with one attached hydrogen (secondary N) is 1. The SMILES string of the molecule is CN1CCCCC(CNC2CC2)C1c1cc(Br)ccc1F. The van der Waals surface area contributed by atoms with Crippen LogP contribution in [0.4, 0.5) is 4.39 Å². The Kier molecular flexibility index (Phi) is 4.97. The Morgan fingerprint density at radius 3 is 2.86 bits per heavy atom. The minimum absolute atomic E-state index is 0.0756. The van der Waals surface area contributed by atoms with Crippen LogP contribution < -0.4 is 5.32 Å². The fraction of sp³-hybridized carbons (Fsp3) is 0.647. The van der Waals surface area contributed by atoms with Crippen LogP contribution in [-0.4, -0.2) is 31.1 Å². The normalized spacial score (nSPS) is 27.6. The molecule has 0 amide bonds. The van der Waals surface area contributed by atoms with E-state index in [4.69, 9.17) is 0 Å². The maximum absolute atomic E-state index is 14.4. The summed E-state index contributed by atoms with van der Waals surface area (Å²) < 4.78 is 15.3. The van der Waals surface area contributed by atoms with E-state index in [1.807, 2.05) is 6.07 Å². The summed E-state index contributed by atoms with van der Waals surface area (Å²) in [4.78, 5) is 2.34. The van der Waals surface area contributed by atoms with Crippen LogP contribution in [-0.2, 0) is 0 Å². The first-order valence-electron chi connectivity index (χ1n) is 8.03. The first kappa shape index (κ1) is 15.4. The third-order valence-corrected chi connectivity index (χ3v) is 5.27. The van der Waals surface area contributed by atoms with Crippen molar-refractivity contribution < 1.29 is 4.39 Å². The van der Waals surface area contributed by atoms with Crippen molar-refractivity contribution in [1.29, 1.82) is 0 Å². The highest BCUT2D eigenvalue weighted by molar-refractivity contribution is 9.10. The summed E-state index contributed by atoms with van der Waals surface area (Å²) >= 11 is 3.49. The van der Waals surface area contributed by atoms with Crippen molar-refractivity contribution in [2.45, 2.75) is 44.2 Å². The van der Waals surface area contributed by atoms with E-state index in [0.29, 0.717) is 12.0 Å². The highest BCUT2D eigenvalue weighted by Gasteiger charge is 2.32. The molecule has 1 aliphatic heterocycles. The van der Waals surface area contributed by atoms with Gasteiger partial charge in [0.05, 0.1) is 0 Å². The van der Waals surface area contributed by atoms with Gasteiger partial charge in [-0.3, -0.25) is 4.90 Å². The van der Waals surface area contributed by atoms with Gasteiger partial charge < -0.3 is 5.32 Å². The van der Waals surface area contributed by atoms with Gasteiger partial charge in [0.2, 0.25) is 0 Å². The molecule has 0 aromatic heterocycles. The molecule has 2 unspecified atom stereocenters. The van der Waals surface area contributed by atoms with Crippen molar-refractivity contribution in [3.63, 3.8) is 0 Å². The fourth-order valence-corrected chi connectivity index (χ4v) is 3.86. The zero-order chi connectivity index (χ0) is 14.8. The first-order valence-corrected chi connectivity index (χ1v) is 8.83. The molecular weight excluding hydrogens is 331 g/mol. The monoisotopic (exact) mass is 354 g/mol. The van der Waals surface area contributed by atoms with E-state index in [-0.39, 0.29) is 11.9 Å². The molecule has 4 heteroatoms. The van der Waals surface area contributed by atoms with Crippen LogP contribution in [0.3, 0.4) is 0 Å². The Labute approximate surface area is 135 Å². The van der Waals surface area contributed by atoms with Crippen molar-refractivity contribution in [3.8, 4) is 0 Å². The molecule has 2 aliphatic rings. The van der Waals surface area contributed by atoms with Gasteiger partial charge in [-0.05, 0) is 63.4 Å². The molecule has 3 rings (SSSR count). The third-order valence-electron chi connectivity index (χ3n) is 4.78. The van der Waals surface area contributed by atoms with Crippen LogP contribution in [0.1, 0.15) is 43.7 Å². The van der Waals surface area contributed by atoms with Gasteiger partial charge in [-0.2, -0.15) is 0 Å². The van der Waals surface area contributed by atoms with Crippen molar-refractivity contribution >= 4 is 15.9 Å². The molecule has 1 aliphatic carbocycles. The zero-order valence-corrected chi connectivity index (χ0v) is 14.2. The average Bonchev–Trinajstić information content (AvgIpc) is 3.28. The van der Waals surface area contributed by atoms with E-state index < -0.39 is 0 Å². The van der Waals surface area contributed by atoms with Gasteiger partial charge in [0.25, 0.3) is 0 Å². The molecule has 2 nitrogen and oxygen atoms in total. The Hall–Kier alpha value is -0.450. The highest BCUT2D eigenvalue weighted by atomic mass is 79.9. The second-order valence-electron chi connectivity index (χ2n) is 6.53. The van der Waals surface area contributed by atoms with E-state index in [9.17, 15) is 4.39 Å². The number of hydrogen-bond acceptors (Lipinski definition) is 2. The summed E-state index contributed by atoms with van der Waals surface area (Å²) in [6.45, 7) is 2.06. The Morgan fingerprint density at radius 1 is 1.29 bits per heavy atom. The summed E-state index contributed by atoms with van der Waals surface area (Å²) in [7, 11) is 2.14. The number of hydrogen-bond donors (Lipinski definition) is 1. The number of halogens is 2. The summed E-state index contributed by atoms with van der Waals surface area (Å²) in [5.41, 5.74) is 0.844. The van der Waals surface area contributed by atoms with Crippen LogP contribution in [0.25, 0.3) is 0 Å². The lowest BCUT2D eigenvalue weighted by Gasteiger charge is -2.33. The van der Waals surface area contributed by atoms with Gasteiger partial charge in [0.1, 0.15) is 5.82 Å². The molecular formula is C17H24BrFN2. The number of likely N-dealkylation sites (tertiary alicyclic amines) is 1. The zero-order valence-electron chi connectivity index (χ0n) is 12.6. The minimum Gasteiger partial charge on any atom is -0.314 e. The molecule has 0 bridgehead atoms. The van der Waals surface area contributed by atoms with Gasteiger partial charge in [0.15, 0.2) is 0 Å². The third kappa shape index (κ3) is 3.85. The minimum atomic E-state index is -0.0756. The Bertz CT molecular complexity index is 490. The standard InChI is InChI=1S/C17H24BrFN2/c1-21-9-3-2-4-12(11-20-14-6-7-14)17(21)15-10-13(18)5-8-16(15)19/h5,8,10,12,14,17,20H,2-4,6-7,9,11H2,1H3. The molecule has 116 valence electrons. The van der Waals surface area contributed by atoms with Gasteiger partial charge in [0, 0.05) is 28.7 Å². The summed E-state index contributed by atoms with van der Waals surface area (Å²) in [6.07, 6.45) is 6.24. The van der Waals surface area contributed by atoms with Crippen molar-refractivity contribution in [2.24, 2.45) is 5.92 Å². The maximum atomic E-state index is 14.4. The second kappa shape index (κ2) is 6.76. The van der Waals surface area contributed by atoms with E-state index in [1.54, 1.807) is 12.1 Å². The molecule has 1 N–H and O–H groups in total. The van der Waals surface area contributed by atoms with Gasteiger partial charge in [-0.25, -0.2) is 4.39 Å². The summed E-state index contributed by atoms with van der Waals surface area (Å²) in [5, 5.41) is 3.65. The quantitative estimate of drug-likeness (QED) is 0.874. The lowest BCUT2D eigenvalue weighted by atomic mass is 9.89. The summed E-state index contributed by atoms with van der Waals surface area (Å²) in [6, 6.07) is 6.23. The van der Waals surface area contributed by atoms with E-state index >= 15 is 0 Å². The molecule has 1 saturated carbocycles. The predicted molar refractivity (Wildman–Crippen MR) is 87.8 cm³/mol. The topological polar surface area (TPSA) is 15.3 Å². The van der Waals surface area contributed by atoms with Gasteiger partial charge >= 0.3 is 0 Å². The predicted octanol–water partition coefficient (Wildman–Crippen LogP) is 4.11. The van der Waals surface area contributed by atoms with Crippen molar-refractivity contribution in [3.05, 3.63) is 34.1 Å². The van der Waals surface area contributed by atoms with Crippen molar-refractivity contribution in [1.82, 2.24) is 10.2 Å². The molecule has 0 radical (unpaired) electrons. The molecule has 2 atom stereocenters. The summed E-state index contributed by atoms with van der Waals surface area (Å²) in [5.74, 6) is 0.412. The first-order chi connectivity index (χ1) is 10.1. The van der Waals surface area contributed by atoms with E-state index in [2.05, 4.69) is 33.2 Å². The second-order valence-corrected chi connectivity index (χ2v) is 7.45. The maximum Gasteiger partial charge on any atom is 0.128 e. The lowest BCUT2D eigenvalue weighted by Crippen LogP contribution is -2.36. The van der Waals surface area contributed by atoms with Crippen LogP contribution in [0, 0.1) is 11.7 Å². The van der Waals surface area contributed by atoms with E-state index in [0.717, 1.165) is 23.1 Å². The van der Waals surface area contributed by atoms with Crippen LogP contribution in [0.5, 0.6) is 0 Å². The van der Waals surface area contributed by atoms with Crippen LogP contribution >= 0.6 is 15.9 Å². The number of nitrogens with zero attached hydrogens (tertiary/aromatic N) is 1. The molecule has 0 spiro atoms. The molecule has 21 heavy (non-hydrogen) atoms. The number of rotatable bonds is 4. The number of benzene rings is 1. The molecule has 1 heterocycles. The van der Waals surface area contributed by atoms with E-state index in [1.165, 1.54) is 32.1 Å². The largest absolute Gasteiger partial charge is 0.314 e. The highest BCUT2D eigenvalue weighted by Crippen LogP contribution is 2.36. The van der Waals surface area contributed by atoms with Gasteiger partial charge in [-0.15, -0.1) is 0 Å². The lowest BCUT2D eigenvalue weighted by molar-refractivity contribution is 0.184. The van der Waals surface area contributed by atoms with Gasteiger partial charge in [-0.1, -0.05) is 22.4 Å².